The number of nitrogens with zero attached hydrogens (tertiary/aromatic N) is 2. The van der Waals surface area contributed by atoms with E-state index in [4.69, 9.17) is 11.6 Å². The van der Waals surface area contributed by atoms with Gasteiger partial charge in [-0.1, -0.05) is 23.7 Å². The number of benzene rings is 2. The Morgan fingerprint density at radius 2 is 1.77 bits per heavy atom. The zero-order chi connectivity index (χ0) is 18.9. The van der Waals surface area contributed by atoms with Crippen LogP contribution in [0.2, 0.25) is 5.02 Å². The van der Waals surface area contributed by atoms with Crippen LogP contribution < -0.4 is 0 Å². The lowest BCUT2D eigenvalue weighted by Crippen LogP contribution is -2.55. The number of hydrogen-bond donors (Lipinski definition) is 0. The molecule has 1 amide bonds. The van der Waals surface area contributed by atoms with Crippen molar-refractivity contribution < 1.29 is 17.6 Å². The second-order valence-corrected chi connectivity index (χ2v) is 8.48. The van der Waals surface area contributed by atoms with Gasteiger partial charge in [-0.2, -0.15) is 4.31 Å². The van der Waals surface area contributed by atoms with Crippen LogP contribution in [-0.4, -0.2) is 49.2 Å². The summed E-state index contributed by atoms with van der Waals surface area (Å²) in [5.41, 5.74) is -0.00583. The molecule has 1 fully saturated rings. The van der Waals surface area contributed by atoms with Crippen molar-refractivity contribution in [2.45, 2.75) is 17.9 Å². The summed E-state index contributed by atoms with van der Waals surface area (Å²) in [4.78, 5) is 14.2. The first kappa shape index (κ1) is 18.8. The molecule has 0 aromatic heterocycles. The van der Waals surface area contributed by atoms with E-state index in [-0.39, 0.29) is 30.1 Å². The minimum Gasteiger partial charge on any atom is -0.336 e. The molecule has 2 aromatic rings. The van der Waals surface area contributed by atoms with Crippen molar-refractivity contribution >= 4 is 27.5 Å². The van der Waals surface area contributed by atoms with Gasteiger partial charge in [-0.25, -0.2) is 12.8 Å². The van der Waals surface area contributed by atoms with E-state index >= 15 is 0 Å². The lowest BCUT2D eigenvalue weighted by atomic mass is 10.1. The Morgan fingerprint density at radius 3 is 2.38 bits per heavy atom. The fourth-order valence-corrected chi connectivity index (χ4v) is 4.77. The normalized spacial score (nSPS) is 18.7. The maximum absolute atomic E-state index is 13.8. The van der Waals surface area contributed by atoms with Crippen LogP contribution in [0, 0.1) is 5.82 Å². The minimum atomic E-state index is -3.69. The van der Waals surface area contributed by atoms with Crippen LogP contribution >= 0.6 is 11.6 Å². The average molecular weight is 397 g/mol. The first-order chi connectivity index (χ1) is 12.3. The van der Waals surface area contributed by atoms with Gasteiger partial charge in [-0.15, -0.1) is 0 Å². The van der Waals surface area contributed by atoms with Crippen LogP contribution in [0.4, 0.5) is 4.39 Å². The highest BCUT2D eigenvalue weighted by Crippen LogP contribution is 2.23. The molecule has 0 bridgehead atoms. The van der Waals surface area contributed by atoms with Crippen molar-refractivity contribution in [2.75, 3.05) is 19.6 Å². The summed E-state index contributed by atoms with van der Waals surface area (Å²) in [6.07, 6.45) is 0. The number of carbonyl (C=O) groups excluding carboxylic acids is 1. The highest BCUT2D eigenvalue weighted by molar-refractivity contribution is 7.89. The average Bonchev–Trinajstić information content (AvgIpc) is 2.61. The predicted octanol–water partition coefficient (Wildman–Crippen LogP) is 3.01. The molecule has 1 aliphatic heterocycles. The monoisotopic (exact) mass is 396 g/mol. The molecule has 5 nitrogen and oxygen atoms in total. The molecule has 0 aliphatic carbocycles. The molecule has 138 valence electrons. The first-order valence-corrected chi connectivity index (χ1v) is 9.93. The lowest BCUT2D eigenvalue weighted by Gasteiger charge is -2.39. The second-order valence-electron chi connectivity index (χ2n) is 6.15. The van der Waals surface area contributed by atoms with Crippen molar-refractivity contribution in [1.82, 2.24) is 9.21 Å². The number of halogens is 2. The molecule has 2 aromatic carbocycles. The maximum atomic E-state index is 13.8. The molecule has 3 rings (SSSR count). The van der Waals surface area contributed by atoms with Gasteiger partial charge in [-0.3, -0.25) is 4.79 Å². The molecule has 0 N–H and O–H groups in total. The topological polar surface area (TPSA) is 57.7 Å². The number of piperazine rings is 1. The van der Waals surface area contributed by atoms with Crippen LogP contribution in [0.25, 0.3) is 0 Å². The lowest BCUT2D eigenvalue weighted by molar-refractivity contribution is 0.0637. The molecule has 1 unspecified atom stereocenters. The zero-order valence-electron chi connectivity index (χ0n) is 14.1. The summed E-state index contributed by atoms with van der Waals surface area (Å²) in [5.74, 6) is -1.01. The molecule has 1 atom stereocenters. The van der Waals surface area contributed by atoms with Gasteiger partial charge in [0.25, 0.3) is 5.91 Å². The Morgan fingerprint density at radius 1 is 1.12 bits per heavy atom. The number of carbonyl (C=O) groups is 1. The minimum absolute atomic E-state index is 0.00583. The Hall–Kier alpha value is -1.96. The van der Waals surface area contributed by atoms with Gasteiger partial charge in [-0.05, 0) is 43.3 Å². The summed E-state index contributed by atoms with van der Waals surface area (Å²) >= 11 is 5.82. The maximum Gasteiger partial charge on any atom is 0.256 e. The fourth-order valence-electron chi connectivity index (χ4n) is 3.03. The van der Waals surface area contributed by atoms with Crippen molar-refractivity contribution in [3.05, 3.63) is 64.9 Å². The van der Waals surface area contributed by atoms with E-state index in [0.717, 1.165) is 0 Å². The summed E-state index contributed by atoms with van der Waals surface area (Å²) in [6.45, 7) is 2.27. The second kappa shape index (κ2) is 7.34. The van der Waals surface area contributed by atoms with Crippen molar-refractivity contribution in [3.8, 4) is 0 Å². The van der Waals surface area contributed by atoms with Gasteiger partial charge in [0.1, 0.15) is 5.82 Å². The van der Waals surface area contributed by atoms with Crippen molar-refractivity contribution in [2.24, 2.45) is 0 Å². The quantitative estimate of drug-likeness (QED) is 0.801. The van der Waals surface area contributed by atoms with Crippen molar-refractivity contribution in [3.63, 3.8) is 0 Å². The Balaban J connectivity index is 1.77. The van der Waals surface area contributed by atoms with Gasteiger partial charge in [0.15, 0.2) is 0 Å². The summed E-state index contributed by atoms with van der Waals surface area (Å²) in [6, 6.07) is 11.3. The molecular formula is C18H18ClFN2O3S. The van der Waals surface area contributed by atoms with Gasteiger partial charge < -0.3 is 4.90 Å². The standard InChI is InChI=1S/C18H18ClFN2O3S/c1-13-12-21(18(23)16-4-2-3-5-17(16)20)10-11-22(13)26(24,25)15-8-6-14(19)7-9-15/h2-9,13H,10-12H2,1H3. The molecular weight excluding hydrogens is 379 g/mol. The summed E-state index contributed by atoms with van der Waals surface area (Å²) in [5, 5.41) is 0.456. The van der Waals surface area contributed by atoms with E-state index in [1.54, 1.807) is 13.0 Å². The molecule has 1 heterocycles. The molecule has 1 saturated heterocycles. The van der Waals surface area contributed by atoms with Gasteiger partial charge >= 0.3 is 0 Å². The first-order valence-electron chi connectivity index (χ1n) is 8.12. The van der Waals surface area contributed by atoms with Crippen LogP contribution in [0.1, 0.15) is 17.3 Å². The molecule has 0 spiro atoms. The highest BCUT2D eigenvalue weighted by atomic mass is 35.5. The smallest absolute Gasteiger partial charge is 0.256 e. The Labute approximate surface area is 157 Å². The number of hydrogen-bond acceptors (Lipinski definition) is 3. The van der Waals surface area contributed by atoms with E-state index in [1.165, 1.54) is 51.7 Å². The molecule has 1 aliphatic rings. The van der Waals surface area contributed by atoms with E-state index in [9.17, 15) is 17.6 Å². The Bertz CT molecular complexity index is 918. The summed E-state index contributed by atoms with van der Waals surface area (Å²) in [7, 11) is -3.69. The summed E-state index contributed by atoms with van der Waals surface area (Å²) < 4.78 is 40.9. The fraction of sp³-hybridized carbons (Fsp3) is 0.278. The SMILES string of the molecule is CC1CN(C(=O)c2ccccc2F)CCN1S(=O)(=O)c1ccc(Cl)cc1. The highest BCUT2D eigenvalue weighted by Gasteiger charge is 2.35. The number of rotatable bonds is 3. The van der Waals surface area contributed by atoms with Crippen LogP contribution in [0.15, 0.2) is 53.4 Å². The third-order valence-electron chi connectivity index (χ3n) is 4.38. The van der Waals surface area contributed by atoms with E-state index in [2.05, 4.69) is 0 Å². The third kappa shape index (κ3) is 3.60. The molecule has 8 heteroatoms. The molecule has 0 saturated carbocycles. The van der Waals surface area contributed by atoms with Gasteiger partial charge in [0, 0.05) is 30.7 Å². The van der Waals surface area contributed by atoms with Gasteiger partial charge in [0.2, 0.25) is 10.0 Å². The van der Waals surface area contributed by atoms with Crippen LogP contribution in [0.5, 0.6) is 0 Å². The Kier molecular flexibility index (Phi) is 5.32. The van der Waals surface area contributed by atoms with E-state index in [0.29, 0.717) is 5.02 Å². The molecule has 0 radical (unpaired) electrons. The largest absolute Gasteiger partial charge is 0.336 e. The predicted molar refractivity (Wildman–Crippen MR) is 97.1 cm³/mol. The molecule has 26 heavy (non-hydrogen) atoms. The van der Waals surface area contributed by atoms with Crippen molar-refractivity contribution in [1.29, 1.82) is 0 Å². The van der Waals surface area contributed by atoms with Crippen LogP contribution in [-0.2, 0) is 10.0 Å². The van der Waals surface area contributed by atoms with E-state index in [1.807, 2.05) is 0 Å². The van der Waals surface area contributed by atoms with E-state index < -0.39 is 27.8 Å². The van der Waals surface area contributed by atoms with Crippen LogP contribution in [0.3, 0.4) is 0 Å². The van der Waals surface area contributed by atoms with Gasteiger partial charge in [0.05, 0.1) is 10.5 Å². The number of amides is 1. The number of sulfonamides is 1. The third-order valence-corrected chi connectivity index (χ3v) is 6.66. The zero-order valence-corrected chi connectivity index (χ0v) is 15.7.